The average Bonchev–Trinajstić information content (AvgIpc) is 3.50. The summed E-state index contributed by atoms with van der Waals surface area (Å²) in [5.41, 5.74) is 3.16. The lowest BCUT2D eigenvalue weighted by molar-refractivity contribution is -0.124. The van der Waals surface area contributed by atoms with Crippen molar-refractivity contribution in [2.24, 2.45) is 12.0 Å². The number of aromatic nitrogens is 2. The molecule has 160 valence electrons. The number of carbonyl (C=O) groups excluding carboxylic acids is 1. The zero-order valence-corrected chi connectivity index (χ0v) is 17.7. The predicted octanol–water partition coefficient (Wildman–Crippen LogP) is 2.10. The van der Waals surface area contributed by atoms with Crippen molar-refractivity contribution in [3.05, 3.63) is 47.8 Å². The molecule has 2 unspecified atom stereocenters. The number of amides is 1. The number of likely N-dealkylation sites (tertiary alicyclic amines) is 1. The molecule has 30 heavy (non-hydrogen) atoms. The van der Waals surface area contributed by atoms with E-state index in [1.165, 1.54) is 5.56 Å². The minimum Gasteiger partial charge on any atom is -0.368 e. The van der Waals surface area contributed by atoms with E-state index in [0.29, 0.717) is 19.1 Å². The van der Waals surface area contributed by atoms with Crippen molar-refractivity contribution in [1.82, 2.24) is 20.0 Å². The van der Waals surface area contributed by atoms with E-state index in [-0.39, 0.29) is 12.0 Å². The normalized spacial score (nSPS) is 21.8. The van der Waals surface area contributed by atoms with Gasteiger partial charge in [0.2, 0.25) is 0 Å². The van der Waals surface area contributed by atoms with Gasteiger partial charge in [-0.1, -0.05) is 12.1 Å². The third-order valence-electron chi connectivity index (χ3n) is 5.76. The van der Waals surface area contributed by atoms with Gasteiger partial charge in [0.25, 0.3) is 5.91 Å². The summed E-state index contributed by atoms with van der Waals surface area (Å²) in [6.07, 6.45) is 6.56. The molecule has 8 heteroatoms. The second-order valence-corrected chi connectivity index (χ2v) is 7.97. The van der Waals surface area contributed by atoms with Crippen LogP contribution >= 0.6 is 0 Å². The number of ether oxygens (including phenoxy) is 1. The molecule has 2 aliphatic heterocycles. The molecule has 1 aromatic heterocycles. The van der Waals surface area contributed by atoms with E-state index in [4.69, 9.17) is 4.74 Å². The summed E-state index contributed by atoms with van der Waals surface area (Å²) in [6, 6.07) is 7.91. The van der Waals surface area contributed by atoms with Gasteiger partial charge in [-0.15, -0.1) is 0 Å². The summed E-state index contributed by atoms with van der Waals surface area (Å²) in [5.74, 6) is 1.32. The van der Waals surface area contributed by atoms with Crippen LogP contribution in [0.5, 0.6) is 0 Å². The lowest BCUT2D eigenvalue weighted by atomic mass is 10.0. The number of hydrogen-bond acceptors (Lipinski definition) is 4. The van der Waals surface area contributed by atoms with Crippen LogP contribution < -0.4 is 10.6 Å². The highest BCUT2D eigenvalue weighted by atomic mass is 16.5. The van der Waals surface area contributed by atoms with Gasteiger partial charge in [-0.2, -0.15) is 5.10 Å². The van der Waals surface area contributed by atoms with Crippen LogP contribution in [0.4, 0.5) is 5.69 Å². The Morgan fingerprint density at radius 2 is 2.27 bits per heavy atom. The van der Waals surface area contributed by atoms with Crippen molar-refractivity contribution in [2.75, 3.05) is 32.1 Å². The average molecular weight is 411 g/mol. The Labute approximate surface area is 177 Å². The van der Waals surface area contributed by atoms with Crippen molar-refractivity contribution in [2.45, 2.75) is 37.8 Å². The number of rotatable bonds is 5. The maximum Gasteiger partial charge on any atom is 0.253 e. The quantitative estimate of drug-likeness (QED) is 0.583. The summed E-state index contributed by atoms with van der Waals surface area (Å²) in [5, 5.41) is 10.7. The monoisotopic (exact) mass is 410 g/mol. The van der Waals surface area contributed by atoms with E-state index in [2.05, 4.69) is 31.8 Å². The predicted molar refractivity (Wildman–Crippen MR) is 116 cm³/mol. The van der Waals surface area contributed by atoms with E-state index in [1.54, 1.807) is 0 Å². The van der Waals surface area contributed by atoms with Crippen molar-refractivity contribution in [3.8, 4) is 0 Å². The van der Waals surface area contributed by atoms with E-state index in [0.717, 1.165) is 49.6 Å². The van der Waals surface area contributed by atoms with Gasteiger partial charge in [0.15, 0.2) is 5.96 Å². The molecule has 2 N–H and O–H groups in total. The van der Waals surface area contributed by atoms with Crippen LogP contribution in [-0.2, 0) is 23.1 Å². The molecule has 2 aliphatic rings. The molecule has 0 saturated carbocycles. The molecule has 1 aromatic carbocycles. The van der Waals surface area contributed by atoms with Crippen LogP contribution in [0.25, 0.3) is 0 Å². The second kappa shape index (κ2) is 9.30. The van der Waals surface area contributed by atoms with Crippen LogP contribution in [0.15, 0.2) is 41.7 Å². The van der Waals surface area contributed by atoms with E-state index in [9.17, 15) is 4.79 Å². The third kappa shape index (κ3) is 4.81. The standard InChI is InChI=1S/C22H30N6O2/c1-23-22(28-9-8-17(15-28)18-13-25-27(2)14-18)24-12-16-5-3-6-19(11-16)26-21(29)20-7-4-10-30-20/h3,5-6,11,13-14,17,20H,4,7-10,12,15H2,1-2H3,(H,23,24)(H,26,29). The molecule has 0 aliphatic carbocycles. The van der Waals surface area contributed by atoms with Gasteiger partial charge in [-0.3, -0.25) is 14.5 Å². The Morgan fingerprint density at radius 1 is 1.37 bits per heavy atom. The minimum atomic E-state index is -0.325. The molecular weight excluding hydrogens is 380 g/mol. The van der Waals surface area contributed by atoms with Crippen LogP contribution in [-0.4, -0.2) is 59.4 Å². The molecule has 3 heterocycles. The molecule has 2 atom stereocenters. The minimum absolute atomic E-state index is 0.0630. The number of aliphatic imine (C=N–C) groups is 1. The van der Waals surface area contributed by atoms with Gasteiger partial charge in [0, 0.05) is 58.1 Å². The van der Waals surface area contributed by atoms with E-state index >= 15 is 0 Å². The Balaban J connectivity index is 1.31. The molecule has 2 fully saturated rings. The number of guanidine groups is 1. The number of carbonyl (C=O) groups is 1. The number of hydrogen-bond donors (Lipinski definition) is 2. The number of nitrogens with one attached hydrogen (secondary N) is 2. The summed E-state index contributed by atoms with van der Waals surface area (Å²) < 4.78 is 7.32. The summed E-state index contributed by atoms with van der Waals surface area (Å²) in [4.78, 5) is 19.0. The first-order valence-corrected chi connectivity index (χ1v) is 10.6. The molecule has 8 nitrogen and oxygen atoms in total. The van der Waals surface area contributed by atoms with Gasteiger partial charge in [0.05, 0.1) is 6.20 Å². The summed E-state index contributed by atoms with van der Waals surface area (Å²) in [6.45, 7) is 3.21. The van der Waals surface area contributed by atoms with Crippen molar-refractivity contribution >= 4 is 17.6 Å². The maximum absolute atomic E-state index is 12.3. The number of benzene rings is 1. The Morgan fingerprint density at radius 3 is 3.00 bits per heavy atom. The highest BCUT2D eigenvalue weighted by Crippen LogP contribution is 2.26. The Kier molecular flexibility index (Phi) is 6.32. The highest BCUT2D eigenvalue weighted by Gasteiger charge is 2.27. The van der Waals surface area contributed by atoms with E-state index < -0.39 is 0 Å². The van der Waals surface area contributed by atoms with Crippen molar-refractivity contribution in [1.29, 1.82) is 0 Å². The molecule has 0 spiro atoms. The molecule has 0 bridgehead atoms. The first kappa shape index (κ1) is 20.4. The lowest BCUT2D eigenvalue weighted by Crippen LogP contribution is -2.39. The topological polar surface area (TPSA) is 83.8 Å². The fourth-order valence-corrected chi connectivity index (χ4v) is 4.16. The van der Waals surface area contributed by atoms with Crippen molar-refractivity contribution < 1.29 is 9.53 Å². The molecule has 2 aromatic rings. The zero-order chi connectivity index (χ0) is 20.9. The molecule has 0 radical (unpaired) electrons. The third-order valence-corrected chi connectivity index (χ3v) is 5.76. The molecule has 1 amide bonds. The van der Waals surface area contributed by atoms with Gasteiger partial charge in [-0.25, -0.2) is 0 Å². The highest BCUT2D eigenvalue weighted by molar-refractivity contribution is 5.94. The summed E-state index contributed by atoms with van der Waals surface area (Å²) >= 11 is 0. The maximum atomic E-state index is 12.3. The van der Waals surface area contributed by atoms with Gasteiger partial charge in [-0.05, 0) is 42.5 Å². The number of nitrogens with zero attached hydrogens (tertiary/aromatic N) is 4. The SMILES string of the molecule is CN=C(NCc1cccc(NC(=O)C2CCCO2)c1)N1CCC(c2cnn(C)c2)C1. The Bertz CT molecular complexity index is 903. The lowest BCUT2D eigenvalue weighted by Gasteiger charge is -2.22. The second-order valence-electron chi connectivity index (χ2n) is 7.97. The van der Waals surface area contributed by atoms with Crippen LogP contribution in [0.1, 0.15) is 36.3 Å². The van der Waals surface area contributed by atoms with Crippen LogP contribution in [0, 0.1) is 0 Å². The summed E-state index contributed by atoms with van der Waals surface area (Å²) in [7, 11) is 3.77. The van der Waals surface area contributed by atoms with Gasteiger partial charge in [0.1, 0.15) is 6.10 Å². The number of anilines is 1. The van der Waals surface area contributed by atoms with Gasteiger partial charge >= 0.3 is 0 Å². The smallest absolute Gasteiger partial charge is 0.253 e. The first-order valence-electron chi connectivity index (χ1n) is 10.6. The van der Waals surface area contributed by atoms with Crippen LogP contribution in [0.3, 0.4) is 0 Å². The van der Waals surface area contributed by atoms with Crippen LogP contribution in [0.2, 0.25) is 0 Å². The molecular formula is C22H30N6O2. The molecule has 2 saturated heterocycles. The molecule has 4 rings (SSSR count). The largest absolute Gasteiger partial charge is 0.368 e. The zero-order valence-electron chi connectivity index (χ0n) is 17.7. The first-order chi connectivity index (χ1) is 14.6. The van der Waals surface area contributed by atoms with Gasteiger partial charge < -0.3 is 20.3 Å². The van der Waals surface area contributed by atoms with Crippen molar-refractivity contribution in [3.63, 3.8) is 0 Å². The van der Waals surface area contributed by atoms with E-state index in [1.807, 2.05) is 49.2 Å². The Hall–Kier alpha value is -2.87. The number of aryl methyl sites for hydroxylation is 1. The fraction of sp³-hybridized carbons (Fsp3) is 0.500. The fourth-order valence-electron chi connectivity index (χ4n) is 4.16.